The van der Waals surface area contributed by atoms with Crippen molar-refractivity contribution in [3.8, 4) is 22.5 Å². The normalized spacial score (nSPS) is 10.6. The number of hydrogen-bond donors (Lipinski definition) is 1. The number of nitrogens with zero attached hydrogens (tertiary/aromatic N) is 2. The summed E-state index contributed by atoms with van der Waals surface area (Å²) in [5.74, 6) is 1.01. The summed E-state index contributed by atoms with van der Waals surface area (Å²) in [6, 6.07) is 18.1. The van der Waals surface area contributed by atoms with Crippen molar-refractivity contribution in [3.05, 3.63) is 60.5 Å². The highest BCUT2D eigenvalue weighted by molar-refractivity contribution is 5.80. The van der Waals surface area contributed by atoms with Gasteiger partial charge in [-0.2, -0.15) is 4.98 Å². The zero-order chi connectivity index (χ0) is 13.1. The lowest BCUT2D eigenvalue weighted by atomic mass is 9.99. The lowest BCUT2D eigenvalue weighted by Crippen LogP contribution is -1.95. The molecule has 0 bridgehead atoms. The number of hydrogen-bond acceptors (Lipinski definition) is 4. The SMILES string of the molecule is NCc1nc(-c2ccccc2-c2ccccc2)no1. The first-order valence-corrected chi connectivity index (χ1v) is 6.06. The van der Waals surface area contributed by atoms with Crippen LogP contribution >= 0.6 is 0 Å². The van der Waals surface area contributed by atoms with Crippen LogP contribution in [-0.4, -0.2) is 10.1 Å². The molecule has 3 rings (SSSR count). The Morgan fingerprint density at radius 1 is 0.895 bits per heavy atom. The molecule has 1 heterocycles. The van der Waals surface area contributed by atoms with Gasteiger partial charge >= 0.3 is 0 Å². The van der Waals surface area contributed by atoms with E-state index in [1.54, 1.807) is 0 Å². The first-order chi connectivity index (χ1) is 9.38. The highest BCUT2D eigenvalue weighted by Gasteiger charge is 2.12. The van der Waals surface area contributed by atoms with Crippen LogP contribution < -0.4 is 5.73 Å². The van der Waals surface area contributed by atoms with Crippen LogP contribution in [0.1, 0.15) is 5.89 Å². The highest BCUT2D eigenvalue weighted by Crippen LogP contribution is 2.29. The molecule has 2 N–H and O–H groups in total. The second-order valence-electron chi connectivity index (χ2n) is 4.13. The van der Waals surface area contributed by atoms with Gasteiger partial charge in [0.1, 0.15) is 0 Å². The molecule has 0 fully saturated rings. The fraction of sp³-hybridized carbons (Fsp3) is 0.0667. The molecule has 0 saturated carbocycles. The van der Waals surface area contributed by atoms with Gasteiger partial charge in [0.15, 0.2) is 0 Å². The van der Waals surface area contributed by atoms with Crippen LogP contribution in [0.4, 0.5) is 0 Å². The van der Waals surface area contributed by atoms with Crippen LogP contribution in [0, 0.1) is 0 Å². The Labute approximate surface area is 110 Å². The number of rotatable bonds is 3. The largest absolute Gasteiger partial charge is 0.338 e. The standard InChI is InChI=1S/C15H13N3O/c16-10-14-17-15(18-19-14)13-9-5-4-8-12(13)11-6-2-1-3-7-11/h1-9H,10,16H2. The Kier molecular flexibility index (Phi) is 3.08. The number of nitrogens with two attached hydrogens (primary N) is 1. The fourth-order valence-corrected chi connectivity index (χ4v) is 1.99. The summed E-state index contributed by atoms with van der Waals surface area (Å²) in [6.07, 6.45) is 0. The molecule has 0 aliphatic heterocycles. The highest BCUT2D eigenvalue weighted by atomic mass is 16.5. The molecule has 19 heavy (non-hydrogen) atoms. The molecule has 0 aliphatic carbocycles. The minimum absolute atomic E-state index is 0.250. The molecule has 4 nitrogen and oxygen atoms in total. The summed E-state index contributed by atoms with van der Waals surface area (Å²) in [4.78, 5) is 4.28. The van der Waals surface area contributed by atoms with Crippen LogP contribution in [0.25, 0.3) is 22.5 Å². The third-order valence-corrected chi connectivity index (χ3v) is 2.90. The van der Waals surface area contributed by atoms with E-state index in [0.29, 0.717) is 11.7 Å². The van der Waals surface area contributed by atoms with E-state index in [0.717, 1.165) is 16.7 Å². The van der Waals surface area contributed by atoms with Crippen LogP contribution in [0.3, 0.4) is 0 Å². The fourth-order valence-electron chi connectivity index (χ4n) is 1.99. The first-order valence-electron chi connectivity index (χ1n) is 6.06. The van der Waals surface area contributed by atoms with Crippen LogP contribution in [0.5, 0.6) is 0 Å². The minimum atomic E-state index is 0.250. The van der Waals surface area contributed by atoms with Crippen molar-refractivity contribution < 1.29 is 4.52 Å². The molecule has 0 aliphatic rings. The predicted octanol–water partition coefficient (Wildman–Crippen LogP) is 2.86. The van der Waals surface area contributed by atoms with Crippen LogP contribution in [-0.2, 0) is 6.54 Å². The van der Waals surface area contributed by atoms with Crippen molar-refractivity contribution in [2.75, 3.05) is 0 Å². The zero-order valence-electron chi connectivity index (χ0n) is 10.3. The maximum atomic E-state index is 5.49. The van der Waals surface area contributed by atoms with Gasteiger partial charge in [-0.1, -0.05) is 59.8 Å². The maximum Gasteiger partial charge on any atom is 0.240 e. The third kappa shape index (κ3) is 2.26. The zero-order valence-corrected chi connectivity index (χ0v) is 10.3. The van der Waals surface area contributed by atoms with Crippen molar-refractivity contribution in [1.82, 2.24) is 10.1 Å². The quantitative estimate of drug-likeness (QED) is 0.777. The second-order valence-corrected chi connectivity index (χ2v) is 4.13. The number of aromatic nitrogens is 2. The second kappa shape index (κ2) is 5.04. The van der Waals surface area contributed by atoms with Crippen molar-refractivity contribution in [3.63, 3.8) is 0 Å². The average molecular weight is 251 g/mol. The minimum Gasteiger partial charge on any atom is -0.338 e. The van der Waals surface area contributed by atoms with Gasteiger partial charge in [0.2, 0.25) is 11.7 Å². The Morgan fingerprint density at radius 3 is 2.26 bits per heavy atom. The number of benzene rings is 2. The average Bonchev–Trinajstić information content (AvgIpc) is 2.97. The van der Waals surface area contributed by atoms with E-state index in [4.69, 9.17) is 10.3 Å². The molecular formula is C15H13N3O. The van der Waals surface area contributed by atoms with Crippen LogP contribution in [0.2, 0.25) is 0 Å². The molecule has 94 valence electrons. The molecule has 0 atom stereocenters. The first kappa shape index (κ1) is 11.6. The molecule has 0 unspecified atom stereocenters. The molecule has 0 amide bonds. The Hall–Kier alpha value is -2.46. The van der Waals surface area contributed by atoms with E-state index >= 15 is 0 Å². The molecule has 3 aromatic rings. The van der Waals surface area contributed by atoms with E-state index in [2.05, 4.69) is 22.3 Å². The van der Waals surface area contributed by atoms with E-state index in [9.17, 15) is 0 Å². The van der Waals surface area contributed by atoms with E-state index in [-0.39, 0.29) is 6.54 Å². The van der Waals surface area contributed by atoms with E-state index in [1.165, 1.54) is 0 Å². The van der Waals surface area contributed by atoms with Gasteiger partial charge in [0.05, 0.1) is 6.54 Å². The van der Waals surface area contributed by atoms with Gasteiger partial charge in [-0.05, 0) is 11.1 Å². The molecule has 2 aromatic carbocycles. The molecule has 0 spiro atoms. The molecular weight excluding hydrogens is 238 g/mol. The van der Waals surface area contributed by atoms with Crippen molar-refractivity contribution in [2.24, 2.45) is 5.73 Å². The summed E-state index contributed by atoms with van der Waals surface area (Å²) < 4.78 is 5.07. The summed E-state index contributed by atoms with van der Waals surface area (Å²) in [5.41, 5.74) is 8.63. The van der Waals surface area contributed by atoms with E-state index < -0.39 is 0 Å². The smallest absolute Gasteiger partial charge is 0.240 e. The summed E-state index contributed by atoms with van der Waals surface area (Å²) in [7, 11) is 0. The third-order valence-electron chi connectivity index (χ3n) is 2.90. The summed E-state index contributed by atoms with van der Waals surface area (Å²) in [6.45, 7) is 0.250. The van der Waals surface area contributed by atoms with Crippen LogP contribution in [0.15, 0.2) is 59.1 Å². The molecule has 0 radical (unpaired) electrons. The molecule has 4 heteroatoms. The summed E-state index contributed by atoms with van der Waals surface area (Å²) in [5, 5.41) is 3.98. The van der Waals surface area contributed by atoms with Gasteiger partial charge in [0.25, 0.3) is 0 Å². The van der Waals surface area contributed by atoms with Crippen molar-refractivity contribution >= 4 is 0 Å². The van der Waals surface area contributed by atoms with Crippen molar-refractivity contribution in [1.29, 1.82) is 0 Å². The van der Waals surface area contributed by atoms with Crippen molar-refractivity contribution in [2.45, 2.75) is 6.54 Å². The Balaban J connectivity index is 2.12. The van der Waals surface area contributed by atoms with E-state index in [1.807, 2.05) is 42.5 Å². The van der Waals surface area contributed by atoms with Gasteiger partial charge < -0.3 is 10.3 Å². The Bertz CT molecular complexity index is 677. The predicted molar refractivity (Wildman–Crippen MR) is 73.1 cm³/mol. The van der Waals surface area contributed by atoms with Gasteiger partial charge in [-0.15, -0.1) is 0 Å². The van der Waals surface area contributed by atoms with Gasteiger partial charge in [-0.25, -0.2) is 0 Å². The topological polar surface area (TPSA) is 64.9 Å². The summed E-state index contributed by atoms with van der Waals surface area (Å²) >= 11 is 0. The van der Waals surface area contributed by atoms with Gasteiger partial charge in [0, 0.05) is 5.56 Å². The monoisotopic (exact) mass is 251 g/mol. The lowest BCUT2D eigenvalue weighted by molar-refractivity contribution is 0.380. The molecule has 0 saturated heterocycles. The Morgan fingerprint density at radius 2 is 1.58 bits per heavy atom. The van der Waals surface area contributed by atoms with Gasteiger partial charge in [-0.3, -0.25) is 0 Å². The lowest BCUT2D eigenvalue weighted by Gasteiger charge is -2.05. The maximum absolute atomic E-state index is 5.49. The molecule has 1 aromatic heterocycles.